The lowest BCUT2D eigenvalue weighted by Gasteiger charge is -2.30. The van der Waals surface area contributed by atoms with Gasteiger partial charge in [-0.3, -0.25) is 4.79 Å². The van der Waals surface area contributed by atoms with Crippen molar-refractivity contribution >= 4 is 27.0 Å². The van der Waals surface area contributed by atoms with Crippen LogP contribution in [0.15, 0.2) is 65.3 Å². The van der Waals surface area contributed by atoms with Gasteiger partial charge in [-0.25, -0.2) is 13.4 Å². The van der Waals surface area contributed by atoms with Crippen molar-refractivity contribution in [2.24, 2.45) is 11.8 Å². The third-order valence-corrected chi connectivity index (χ3v) is 9.00. The first-order valence-electron chi connectivity index (χ1n) is 13.3. The molecule has 0 spiro atoms. The maximum Gasteiger partial charge on any atom is 0.286 e. The Morgan fingerprint density at radius 2 is 1.95 bits per heavy atom. The standard InChI is InChI=1S/C28H34N4O7S/c1-37-21-8-10-22(11-9-21)40(35,36)32(12-14-33)13-15-38-27-17-20(19-6-7-19)16-25(39-27)28(34)29-18-26-30-23-4-2-3-5-24(23)31-26/h2-5,8-11,16,19-20,27,33H,6-7,12-15,17-18H2,1H3,(H,29,34)(H,30,31)/t20-,27+/m0/s1. The molecule has 11 nitrogen and oxygen atoms in total. The van der Waals surface area contributed by atoms with Crippen LogP contribution in [-0.2, 0) is 30.8 Å². The molecule has 0 unspecified atom stereocenters. The van der Waals surface area contributed by atoms with Gasteiger partial charge in [0.25, 0.3) is 5.91 Å². The van der Waals surface area contributed by atoms with E-state index in [-0.39, 0.29) is 55.3 Å². The van der Waals surface area contributed by atoms with Crippen molar-refractivity contribution in [2.45, 2.75) is 37.0 Å². The minimum Gasteiger partial charge on any atom is -0.497 e. The predicted octanol–water partition coefficient (Wildman–Crippen LogP) is 2.54. The zero-order valence-corrected chi connectivity index (χ0v) is 23.1. The van der Waals surface area contributed by atoms with E-state index < -0.39 is 16.3 Å². The number of rotatable bonds is 13. The number of hydrogen-bond acceptors (Lipinski definition) is 8. The first-order valence-corrected chi connectivity index (χ1v) is 14.8. The normalized spacial score (nSPS) is 19.3. The Hall–Kier alpha value is -3.45. The van der Waals surface area contributed by atoms with Crippen LogP contribution in [0.25, 0.3) is 11.0 Å². The van der Waals surface area contributed by atoms with Crippen LogP contribution in [0, 0.1) is 11.8 Å². The topological polar surface area (TPSA) is 143 Å². The van der Waals surface area contributed by atoms with Gasteiger partial charge in [-0.1, -0.05) is 12.1 Å². The molecule has 3 N–H and O–H groups in total. The number of para-hydroxylation sites is 2. The summed E-state index contributed by atoms with van der Waals surface area (Å²) in [6.07, 6.45) is 3.94. The van der Waals surface area contributed by atoms with Crippen molar-refractivity contribution in [3.63, 3.8) is 0 Å². The second-order valence-electron chi connectivity index (χ2n) is 9.87. The lowest BCUT2D eigenvalue weighted by molar-refractivity contribution is -0.150. The van der Waals surface area contributed by atoms with Gasteiger partial charge in [0.05, 0.1) is 42.8 Å². The van der Waals surface area contributed by atoms with Crippen molar-refractivity contribution < 1.29 is 32.5 Å². The van der Waals surface area contributed by atoms with Gasteiger partial charge < -0.3 is 29.6 Å². The number of carbonyl (C=O) groups is 1. The average molecular weight is 571 g/mol. The largest absolute Gasteiger partial charge is 0.497 e. The Labute approximate surface area is 233 Å². The molecule has 5 rings (SSSR count). The average Bonchev–Trinajstić information content (AvgIpc) is 3.74. The van der Waals surface area contributed by atoms with Crippen LogP contribution in [0.1, 0.15) is 25.1 Å². The zero-order chi connectivity index (χ0) is 28.1. The molecule has 1 saturated carbocycles. The number of nitrogens with one attached hydrogen (secondary N) is 2. The summed E-state index contributed by atoms with van der Waals surface area (Å²) in [4.78, 5) is 20.8. The molecule has 1 amide bonds. The molecule has 0 saturated heterocycles. The second kappa shape index (κ2) is 12.4. The lowest BCUT2D eigenvalue weighted by Crippen LogP contribution is -2.38. The number of fused-ring (bicyclic) bond motifs is 1. The molecule has 2 atom stereocenters. The number of sulfonamides is 1. The van der Waals surface area contributed by atoms with E-state index in [4.69, 9.17) is 14.2 Å². The second-order valence-corrected chi connectivity index (χ2v) is 11.8. The van der Waals surface area contributed by atoms with Gasteiger partial charge in [-0.15, -0.1) is 0 Å². The summed E-state index contributed by atoms with van der Waals surface area (Å²) < 4.78 is 44.5. The summed E-state index contributed by atoms with van der Waals surface area (Å²) >= 11 is 0. The Kier molecular flexibility index (Phi) is 8.69. The van der Waals surface area contributed by atoms with Gasteiger partial charge >= 0.3 is 0 Å². The van der Waals surface area contributed by atoms with E-state index in [0.717, 1.165) is 23.9 Å². The molecule has 2 aromatic carbocycles. The molecule has 1 aliphatic carbocycles. The summed E-state index contributed by atoms with van der Waals surface area (Å²) in [7, 11) is -2.36. The fraction of sp³-hybridized carbons (Fsp3) is 0.429. The van der Waals surface area contributed by atoms with Crippen molar-refractivity contribution in [2.75, 3.05) is 33.4 Å². The third-order valence-electron chi connectivity index (χ3n) is 7.09. The number of ether oxygens (including phenoxy) is 3. The molecular weight excluding hydrogens is 536 g/mol. The monoisotopic (exact) mass is 570 g/mol. The molecule has 1 fully saturated rings. The molecule has 0 radical (unpaired) electrons. The van der Waals surface area contributed by atoms with Crippen molar-refractivity contribution in [1.82, 2.24) is 19.6 Å². The predicted molar refractivity (Wildman–Crippen MR) is 147 cm³/mol. The van der Waals surface area contributed by atoms with Crippen LogP contribution in [0.2, 0.25) is 0 Å². The van der Waals surface area contributed by atoms with Gasteiger partial charge in [-0.2, -0.15) is 4.31 Å². The molecule has 1 aromatic heterocycles. The van der Waals surface area contributed by atoms with Crippen LogP contribution in [0.3, 0.4) is 0 Å². The number of aliphatic hydroxyl groups excluding tert-OH is 1. The maximum absolute atomic E-state index is 13.2. The highest BCUT2D eigenvalue weighted by atomic mass is 32.2. The first kappa shape index (κ1) is 28.1. The number of methoxy groups -OCH3 is 1. The summed E-state index contributed by atoms with van der Waals surface area (Å²) in [5, 5.41) is 12.4. The minimum atomic E-state index is -3.86. The highest BCUT2D eigenvalue weighted by Gasteiger charge is 2.37. The Morgan fingerprint density at radius 3 is 2.65 bits per heavy atom. The fourth-order valence-electron chi connectivity index (χ4n) is 4.78. The Morgan fingerprint density at radius 1 is 1.18 bits per heavy atom. The van der Waals surface area contributed by atoms with Crippen molar-refractivity contribution in [3.8, 4) is 5.75 Å². The van der Waals surface area contributed by atoms with E-state index in [1.165, 1.54) is 23.5 Å². The highest BCUT2D eigenvalue weighted by Crippen LogP contribution is 2.42. The smallest absolute Gasteiger partial charge is 0.286 e. The van der Waals surface area contributed by atoms with Gasteiger partial charge in [0, 0.05) is 19.5 Å². The number of allylic oxidation sites excluding steroid dienone is 1. The van der Waals surface area contributed by atoms with Crippen LogP contribution in [0.4, 0.5) is 0 Å². The quantitative estimate of drug-likeness (QED) is 0.285. The van der Waals surface area contributed by atoms with Gasteiger partial charge in [0.15, 0.2) is 5.76 Å². The molecule has 1 aliphatic heterocycles. The number of aliphatic hydroxyl groups is 1. The number of H-pyrrole nitrogens is 1. The summed E-state index contributed by atoms with van der Waals surface area (Å²) in [6, 6.07) is 13.7. The van der Waals surface area contributed by atoms with E-state index >= 15 is 0 Å². The van der Waals surface area contributed by atoms with Crippen molar-refractivity contribution in [1.29, 1.82) is 0 Å². The summed E-state index contributed by atoms with van der Waals surface area (Å²) in [5.74, 6) is 1.64. The SMILES string of the molecule is COc1ccc(S(=O)(=O)N(CCO)CCO[C@H]2C[C@@H](C3CC3)C=C(C(=O)NCc3nc4ccccc4[nH]3)O2)cc1. The Balaban J connectivity index is 1.19. The van der Waals surface area contributed by atoms with E-state index in [1.54, 1.807) is 12.1 Å². The summed E-state index contributed by atoms with van der Waals surface area (Å²) in [6.45, 7) is -0.153. The third kappa shape index (κ3) is 6.64. The number of aromatic amines is 1. The molecule has 0 bridgehead atoms. The fourth-order valence-corrected chi connectivity index (χ4v) is 6.20. The van der Waals surface area contributed by atoms with E-state index in [2.05, 4.69) is 15.3 Å². The molecule has 3 aromatic rings. The zero-order valence-electron chi connectivity index (χ0n) is 22.3. The number of aromatic nitrogens is 2. The summed E-state index contributed by atoms with van der Waals surface area (Å²) in [5.41, 5.74) is 1.72. The van der Waals surface area contributed by atoms with Gasteiger partial charge in [0.1, 0.15) is 11.6 Å². The number of benzene rings is 2. The molecular formula is C28H34N4O7S. The number of hydrogen-bond donors (Lipinski definition) is 3. The lowest BCUT2D eigenvalue weighted by atomic mass is 9.96. The molecule has 40 heavy (non-hydrogen) atoms. The molecule has 2 aliphatic rings. The van der Waals surface area contributed by atoms with Gasteiger partial charge in [0.2, 0.25) is 16.3 Å². The number of imidazole rings is 1. The highest BCUT2D eigenvalue weighted by molar-refractivity contribution is 7.89. The van der Waals surface area contributed by atoms with E-state index in [1.807, 2.05) is 30.3 Å². The van der Waals surface area contributed by atoms with Crippen LogP contribution in [0.5, 0.6) is 5.75 Å². The molecule has 12 heteroatoms. The number of nitrogens with zero attached hydrogens (tertiary/aromatic N) is 2. The molecule has 2 heterocycles. The molecule has 214 valence electrons. The van der Waals surface area contributed by atoms with E-state index in [9.17, 15) is 18.3 Å². The first-order chi connectivity index (χ1) is 19.4. The minimum absolute atomic E-state index is 0.0141. The van der Waals surface area contributed by atoms with E-state index in [0.29, 0.717) is 23.9 Å². The van der Waals surface area contributed by atoms with Gasteiger partial charge in [-0.05, 0) is 67.2 Å². The maximum atomic E-state index is 13.2. The number of amides is 1. The van der Waals surface area contributed by atoms with Crippen LogP contribution in [-0.4, -0.2) is 73.4 Å². The van der Waals surface area contributed by atoms with Crippen LogP contribution < -0.4 is 10.1 Å². The van der Waals surface area contributed by atoms with Crippen molar-refractivity contribution in [3.05, 3.63) is 66.2 Å². The number of carbonyl (C=O) groups excluding carboxylic acids is 1. The van der Waals surface area contributed by atoms with Crippen LogP contribution >= 0.6 is 0 Å². The Bertz CT molecular complexity index is 1420.